The van der Waals surface area contributed by atoms with Crippen LogP contribution in [0.1, 0.15) is 10.4 Å². The summed E-state index contributed by atoms with van der Waals surface area (Å²) >= 11 is 5.92. The third kappa shape index (κ3) is 3.96. The van der Waals surface area contributed by atoms with Crippen LogP contribution in [-0.4, -0.2) is 44.0 Å². The average Bonchev–Trinajstić information content (AvgIpc) is 2.36. The monoisotopic (exact) mass is 337 g/mol. The quantitative estimate of drug-likeness (QED) is 0.635. The van der Waals surface area contributed by atoms with Crippen molar-refractivity contribution in [2.45, 2.75) is 4.90 Å². The second kappa shape index (κ2) is 7.08. The van der Waals surface area contributed by atoms with Gasteiger partial charge in [0, 0.05) is 23.8 Å². The highest BCUT2D eigenvalue weighted by atomic mass is 35.7. The van der Waals surface area contributed by atoms with Crippen LogP contribution in [0.4, 0.5) is 0 Å². The molecule has 0 aliphatic rings. The molecule has 1 amide bonds. The number of hydrogen-bond donors (Lipinski definition) is 1. The molecule has 0 spiro atoms. The molecule has 0 bridgehead atoms. The number of aliphatic hydroxyl groups is 1. The van der Waals surface area contributed by atoms with Gasteiger partial charge in [0.15, 0.2) is 0 Å². The van der Waals surface area contributed by atoms with Crippen molar-refractivity contribution in [2.75, 3.05) is 19.7 Å². The summed E-state index contributed by atoms with van der Waals surface area (Å²) in [5.41, 5.74) is -0.209. The Hall–Kier alpha value is -1.08. The average molecular weight is 338 g/mol. The van der Waals surface area contributed by atoms with E-state index in [0.29, 0.717) is 0 Å². The molecule has 1 rings (SSSR count). The number of rotatable bonds is 6. The van der Waals surface area contributed by atoms with E-state index in [-0.39, 0.29) is 35.2 Å². The van der Waals surface area contributed by atoms with E-state index in [9.17, 15) is 13.2 Å². The van der Waals surface area contributed by atoms with Crippen LogP contribution < -0.4 is 0 Å². The van der Waals surface area contributed by atoms with E-state index in [1.165, 1.54) is 29.2 Å². The summed E-state index contributed by atoms with van der Waals surface area (Å²) in [5.74, 6) is -0.635. The maximum absolute atomic E-state index is 12.4. The second-order valence-corrected chi connectivity index (χ2v) is 6.76. The van der Waals surface area contributed by atoms with Crippen molar-refractivity contribution in [1.29, 1.82) is 0 Å². The molecule has 8 heteroatoms. The maximum atomic E-state index is 12.4. The summed E-state index contributed by atoms with van der Waals surface area (Å²) in [4.78, 5) is 13.2. The fraction of sp³-hybridized carbons (Fsp3) is 0.250. The minimum absolute atomic E-state index is 0.0243. The van der Waals surface area contributed by atoms with Gasteiger partial charge in [-0.25, -0.2) is 8.42 Å². The van der Waals surface area contributed by atoms with Crippen molar-refractivity contribution in [1.82, 2.24) is 4.90 Å². The first-order chi connectivity index (χ1) is 9.32. The van der Waals surface area contributed by atoms with Crippen molar-refractivity contribution >= 4 is 37.2 Å². The van der Waals surface area contributed by atoms with Crippen LogP contribution in [0.5, 0.6) is 0 Å². The zero-order valence-electron chi connectivity index (χ0n) is 10.4. The molecule has 20 heavy (non-hydrogen) atoms. The third-order valence-electron chi connectivity index (χ3n) is 2.46. The summed E-state index contributed by atoms with van der Waals surface area (Å²) in [6.07, 6.45) is 1.46. The van der Waals surface area contributed by atoms with E-state index >= 15 is 0 Å². The Bertz CT molecular complexity index is 616. The minimum atomic E-state index is -4.11. The summed E-state index contributed by atoms with van der Waals surface area (Å²) in [6, 6.07) is 3.98. The van der Waals surface area contributed by atoms with Crippen LogP contribution in [0.3, 0.4) is 0 Å². The van der Waals surface area contributed by atoms with Gasteiger partial charge < -0.3 is 10.0 Å². The van der Waals surface area contributed by atoms with Gasteiger partial charge in [-0.2, -0.15) is 0 Å². The molecule has 1 aromatic rings. The van der Waals surface area contributed by atoms with Gasteiger partial charge in [0.05, 0.1) is 22.1 Å². The van der Waals surface area contributed by atoms with Gasteiger partial charge in [0.25, 0.3) is 15.0 Å². The molecule has 5 nitrogen and oxygen atoms in total. The van der Waals surface area contributed by atoms with Crippen LogP contribution in [0.15, 0.2) is 35.7 Å². The Kier molecular flexibility index (Phi) is 6.01. The van der Waals surface area contributed by atoms with E-state index in [2.05, 4.69) is 6.58 Å². The first kappa shape index (κ1) is 17.0. The second-order valence-electron chi connectivity index (χ2n) is 3.81. The van der Waals surface area contributed by atoms with Gasteiger partial charge in [0.1, 0.15) is 0 Å². The summed E-state index contributed by atoms with van der Waals surface area (Å²) in [7, 11) is 1.20. The van der Waals surface area contributed by atoms with Gasteiger partial charge in [-0.05, 0) is 12.1 Å². The number of aliphatic hydroxyl groups excluding tert-OH is 1. The van der Waals surface area contributed by atoms with Crippen LogP contribution in [0.2, 0.25) is 5.02 Å². The Balaban J connectivity index is 3.37. The Morgan fingerprint density at radius 1 is 1.45 bits per heavy atom. The molecule has 0 atom stereocenters. The molecule has 0 aliphatic heterocycles. The molecule has 0 unspecified atom stereocenters. The zero-order valence-corrected chi connectivity index (χ0v) is 12.7. The van der Waals surface area contributed by atoms with Crippen LogP contribution in [-0.2, 0) is 9.05 Å². The number of carbonyl (C=O) groups is 1. The minimum Gasteiger partial charge on any atom is -0.395 e. The van der Waals surface area contributed by atoms with E-state index < -0.39 is 15.0 Å². The lowest BCUT2D eigenvalue weighted by Gasteiger charge is -2.21. The lowest BCUT2D eigenvalue weighted by molar-refractivity contribution is 0.0739. The van der Waals surface area contributed by atoms with Crippen LogP contribution in [0.25, 0.3) is 0 Å². The van der Waals surface area contributed by atoms with E-state index in [4.69, 9.17) is 27.4 Å². The molecule has 0 aliphatic carbocycles. The summed E-state index contributed by atoms with van der Waals surface area (Å²) < 4.78 is 23.0. The maximum Gasteiger partial charge on any atom is 0.262 e. The Morgan fingerprint density at radius 2 is 2.10 bits per heavy atom. The van der Waals surface area contributed by atoms with Gasteiger partial charge in [-0.1, -0.05) is 23.7 Å². The molecular formula is C12H13Cl2NO4S. The molecule has 0 fully saturated rings. The molecular weight excluding hydrogens is 325 g/mol. The van der Waals surface area contributed by atoms with E-state index in [0.717, 1.165) is 0 Å². The number of halogens is 2. The van der Waals surface area contributed by atoms with Crippen molar-refractivity contribution in [3.63, 3.8) is 0 Å². The number of hydrogen-bond acceptors (Lipinski definition) is 4. The largest absolute Gasteiger partial charge is 0.395 e. The smallest absolute Gasteiger partial charge is 0.262 e. The molecule has 1 N–H and O–H groups in total. The number of benzene rings is 1. The van der Waals surface area contributed by atoms with E-state index in [1.807, 2.05) is 0 Å². The first-order valence-corrected chi connectivity index (χ1v) is 8.25. The Morgan fingerprint density at radius 3 is 2.60 bits per heavy atom. The molecule has 1 aromatic carbocycles. The lowest BCUT2D eigenvalue weighted by Crippen LogP contribution is -2.34. The van der Waals surface area contributed by atoms with Crippen molar-refractivity contribution in [3.8, 4) is 0 Å². The predicted octanol–water partition coefficient (Wildman–Crippen LogP) is 1.89. The standard InChI is InChI=1S/C12H13Cl2NO4S/c1-2-6-15(7-8-16)12(17)11-9(13)4-3-5-10(11)20(14,18)19/h2-5,16H,1,6-8H2. The van der Waals surface area contributed by atoms with Crippen molar-refractivity contribution in [2.24, 2.45) is 0 Å². The van der Waals surface area contributed by atoms with Gasteiger partial charge in [-0.3, -0.25) is 4.79 Å². The normalized spacial score (nSPS) is 11.2. The number of amides is 1. The Labute approximate surface area is 126 Å². The molecule has 0 heterocycles. The van der Waals surface area contributed by atoms with Gasteiger partial charge in [0.2, 0.25) is 0 Å². The molecule has 0 saturated carbocycles. The zero-order chi connectivity index (χ0) is 15.3. The fourth-order valence-electron chi connectivity index (χ4n) is 1.63. The SMILES string of the molecule is C=CCN(CCO)C(=O)c1c(Cl)cccc1S(=O)(=O)Cl. The first-order valence-electron chi connectivity index (χ1n) is 5.57. The highest BCUT2D eigenvalue weighted by molar-refractivity contribution is 8.13. The molecule has 0 radical (unpaired) electrons. The number of carbonyl (C=O) groups excluding carboxylic acids is 1. The fourth-order valence-corrected chi connectivity index (χ4v) is 3.00. The topological polar surface area (TPSA) is 74.7 Å². The van der Waals surface area contributed by atoms with Crippen molar-refractivity contribution < 1.29 is 18.3 Å². The molecule has 0 saturated heterocycles. The summed E-state index contributed by atoms with van der Waals surface area (Å²) in [5, 5.41) is 8.93. The van der Waals surface area contributed by atoms with Gasteiger partial charge in [-0.15, -0.1) is 6.58 Å². The lowest BCUT2D eigenvalue weighted by atomic mass is 10.2. The highest BCUT2D eigenvalue weighted by Crippen LogP contribution is 2.27. The third-order valence-corrected chi connectivity index (χ3v) is 4.14. The number of nitrogens with zero attached hydrogens (tertiary/aromatic N) is 1. The molecule has 110 valence electrons. The van der Waals surface area contributed by atoms with E-state index in [1.54, 1.807) is 0 Å². The van der Waals surface area contributed by atoms with Crippen LogP contribution >= 0.6 is 22.3 Å². The van der Waals surface area contributed by atoms with Crippen LogP contribution in [0, 0.1) is 0 Å². The van der Waals surface area contributed by atoms with Crippen molar-refractivity contribution in [3.05, 3.63) is 41.4 Å². The summed E-state index contributed by atoms with van der Waals surface area (Å²) in [6.45, 7) is 3.40. The van der Waals surface area contributed by atoms with Gasteiger partial charge >= 0.3 is 0 Å². The predicted molar refractivity (Wildman–Crippen MR) is 77.7 cm³/mol. The molecule has 0 aromatic heterocycles. The highest BCUT2D eigenvalue weighted by Gasteiger charge is 2.26.